The van der Waals surface area contributed by atoms with E-state index in [0.29, 0.717) is 0 Å². The zero-order valence-corrected chi connectivity index (χ0v) is 9.15. The van der Waals surface area contributed by atoms with Crippen LogP contribution in [0.4, 0.5) is 0 Å². The first-order chi connectivity index (χ1) is 5.88. The van der Waals surface area contributed by atoms with Crippen LogP contribution in [0.15, 0.2) is 18.2 Å². The molecule has 0 saturated carbocycles. The molecule has 0 bridgehead atoms. The van der Waals surface area contributed by atoms with E-state index in [2.05, 4.69) is 6.07 Å². The summed E-state index contributed by atoms with van der Waals surface area (Å²) in [5.74, 6) is 0. The third kappa shape index (κ3) is 3.37. The van der Waals surface area contributed by atoms with Crippen LogP contribution < -0.4 is 5.73 Å². The van der Waals surface area contributed by atoms with Crippen LogP contribution in [0.25, 0.3) is 0 Å². The summed E-state index contributed by atoms with van der Waals surface area (Å²) in [6, 6.07) is 6.09. The minimum atomic E-state index is -0.196. The molecule has 2 N–H and O–H groups in total. The number of nitrogens with two attached hydrogens (primary N) is 1. The fourth-order valence-corrected chi connectivity index (χ4v) is 1.59. The van der Waals surface area contributed by atoms with Crippen LogP contribution in [-0.2, 0) is 6.42 Å². The van der Waals surface area contributed by atoms with Gasteiger partial charge in [0, 0.05) is 10.6 Å². The van der Waals surface area contributed by atoms with Crippen LogP contribution in [0, 0.1) is 6.92 Å². The third-order valence-electron chi connectivity index (χ3n) is 1.85. The Labute approximate surface area is 84.9 Å². The predicted octanol–water partition coefficient (Wildman–Crippen LogP) is 2.93. The molecular weight excluding hydrogens is 182 g/mol. The van der Waals surface area contributed by atoms with Crippen molar-refractivity contribution in [2.45, 2.75) is 32.7 Å². The van der Waals surface area contributed by atoms with Crippen LogP contribution in [0.1, 0.15) is 25.0 Å². The van der Waals surface area contributed by atoms with Crippen molar-refractivity contribution in [3.63, 3.8) is 0 Å². The summed E-state index contributed by atoms with van der Waals surface area (Å²) in [6.45, 7) is 6.04. The van der Waals surface area contributed by atoms with Crippen LogP contribution in [-0.4, -0.2) is 5.54 Å². The molecule has 0 heterocycles. The molecule has 0 aromatic heterocycles. The van der Waals surface area contributed by atoms with E-state index in [-0.39, 0.29) is 5.54 Å². The maximum atomic E-state index is 6.08. The quantitative estimate of drug-likeness (QED) is 0.775. The average Bonchev–Trinajstić information content (AvgIpc) is 1.93. The lowest BCUT2D eigenvalue weighted by Crippen LogP contribution is -2.34. The Kier molecular flexibility index (Phi) is 2.99. The van der Waals surface area contributed by atoms with Crippen molar-refractivity contribution in [3.05, 3.63) is 34.3 Å². The Morgan fingerprint density at radius 1 is 1.38 bits per heavy atom. The van der Waals surface area contributed by atoms with E-state index in [9.17, 15) is 0 Å². The van der Waals surface area contributed by atoms with E-state index < -0.39 is 0 Å². The normalized spacial score (nSPS) is 11.8. The van der Waals surface area contributed by atoms with Gasteiger partial charge in [0.25, 0.3) is 0 Å². The largest absolute Gasteiger partial charge is 0.325 e. The second kappa shape index (κ2) is 3.69. The van der Waals surface area contributed by atoms with Gasteiger partial charge in [-0.25, -0.2) is 0 Å². The zero-order valence-electron chi connectivity index (χ0n) is 8.39. The van der Waals surface area contributed by atoms with Gasteiger partial charge in [0.1, 0.15) is 0 Å². The molecule has 0 unspecified atom stereocenters. The van der Waals surface area contributed by atoms with E-state index in [0.717, 1.165) is 17.0 Å². The Morgan fingerprint density at radius 3 is 2.46 bits per heavy atom. The first-order valence-corrected chi connectivity index (χ1v) is 4.80. The minimum Gasteiger partial charge on any atom is -0.325 e. The molecule has 1 nitrogen and oxygen atoms in total. The molecule has 0 aliphatic rings. The summed E-state index contributed by atoms with van der Waals surface area (Å²) < 4.78 is 0. The summed E-state index contributed by atoms with van der Waals surface area (Å²) in [5, 5.41) is 0.818. The van der Waals surface area contributed by atoms with Crippen molar-refractivity contribution in [1.82, 2.24) is 0 Å². The van der Waals surface area contributed by atoms with Crippen LogP contribution in [0.5, 0.6) is 0 Å². The molecule has 1 rings (SSSR count). The summed E-state index contributed by atoms with van der Waals surface area (Å²) in [4.78, 5) is 0. The standard InChI is InChI=1S/C11H16ClN/c1-8-4-5-9(10(12)6-8)7-11(2,3)13/h4-6H,7,13H2,1-3H3. The van der Waals surface area contributed by atoms with Gasteiger partial charge < -0.3 is 5.73 Å². The second-order valence-corrected chi connectivity index (χ2v) is 4.67. The summed E-state index contributed by atoms with van der Waals surface area (Å²) >= 11 is 6.08. The van der Waals surface area contributed by atoms with Crippen molar-refractivity contribution >= 4 is 11.6 Å². The zero-order chi connectivity index (χ0) is 10.1. The van der Waals surface area contributed by atoms with Crippen molar-refractivity contribution in [3.8, 4) is 0 Å². The molecule has 0 saturated heterocycles. The molecule has 13 heavy (non-hydrogen) atoms. The van der Waals surface area contributed by atoms with Gasteiger partial charge in [-0.15, -0.1) is 0 Å². The monoisotopic (exact) mass is 197 g/mol. The molecule has 0 aliphatic carbocycles. The fourth-order valence-electron chi connectivity index (χ4n) is 1.29. The van der Waals surface area contributed by atoms with E-state index in [1.807, 2.05) is 32.9 Å². The van der Waals surface area contributed by atoms with E-state index in [4.69, 9.17) is 17.3 Å². The van der Waals surface area contributed by atoms with Crippen LogP contribution >= 0.6 is 11.6 Å². The molecule has 0 amide bonds. The van der Waals surface area contributed by atoms with Gasteiger partial charge in [-0.1, -0.05) is 23.7 Å². The molecule has 0 spiro atoms. The number of aryl methyl sites for hydroxylation is 1. The topological polar surface area (TPSA) is 26.0 Å². The highest BCUT2D eigenvalue weighted by Gasteiger charge is 2.13. The maximum absolute atomic E-state index is 6.08. The highest BCUT2D eigenvalue weighted by Crippen LogP contribution is 2.21. The van der Waals surface area contributed by atoms with E-state index in [1.165, 1.54) is 5.56 Å². The highest BCUT2D eigenvalue weighted by atomic mass is 35.5. The number of hydrogen-bond donors (Lipinski definition) is 1. The van der Waals surface area contributed by atoms with Crippen molar-refractivity contribution in [2.75, 3.05) is 0 Å². The van der Waals surface area contributed by atoms with Crippen molar-refractivity contribution < 1.29 is 0 Å². The van der Waals surface area contributed by atoms with Crippen molar-refractivity contribution in [1.29, 1.82) is 0 Å². The molecule has 0 fully saturated rings. The molecular formula is C11H16ClN. The summed E-state index contributed by atoms with van der Waals surface area (Å²) in [6.07, 6.45) is 0.812. The van der Waals surface area contributed by atoms with Gasteiger partial charge in [0.05, 0.1) is 0 Å². The Hall–Kier alpha value is -0.530. The SMILES string of the molecule is Cc1ccc(CC(C)(C)N)c(Cl)c1. The van der Waals surface area contributed by atoms with Gasteiger partial charge >= 0.3 is 0 Å². The number of benzene rings is 1. The third-order valence-corrected chi connectivity index (χ3v) is 2.21. The maximum Gasteiger partial charge on any atom is 0.0441 e. The Balaban J connectivity index is 2.90. The molecule has 1 aromatic rings. The van der Waals surface area contributed by atoms with Crippen molar-refractivity contribution in [2.24, 2.45) is 5.73 Å². The highest BCUT2D eigenvalue weighted by molar-refractivity contribution is 6.31. The minimum absolute atomic E-state index is 0.196. The second-order valence-electron chi connectivity index (χ2n) is 4.26. The van der Waals surface area contributed by atoms with E-state index in [1.54, 1.807) is 0 Å². The van der Waals surface area contributed by atoms with E-state index >= 15 is 0 Å². The summed E-state index contributed by atoms with van der Waals surface area (Å²) in [5.41, 5.74) is 8.03. The Morgan fingerprint density at radius 2 is 2.00 bits per heavy atom. The lowest BCUT2D eigenvalue weighted by Gasteiger charge is -2.19. The van der Waals surface area contributed by atoms with Gasteiger partial charge in [-0.05, 0) is 44.4 Å². The first kappa shape index (κ1) is 10.6. The predicted molar refractivity (Wildman–Crippen MR) is 58.2 cm³/mol. The number of hydrogen-bond acceptors (Lipinski definition) is 1. The first-order valence-electron chi connectivity index (χ1n) is 4.42. The summed E-state index contributed by atoms with van der Waals surface area (Å²) in [7, 11) is 0. The fraction of sp³-hybridized carbons (Fsp3) is 0.455. The molecule has 1 aromatic carbocycles. The number of halogens is 1. The van der Waals surface area contributed by atoms with Gasteiger partial charge in [-0.3, -0.25) is 0 Å². The molecule has 0 radical (unpaired) electrons. The van der Waals surface area contributed by atoms with Gasteiger partial charge in [0.15, 0.2) is 0 Å². The van der Waals surface area contributed by atoms with Crippen LogP contribution in [0.2, 0.25) is 5.02 Å². The smallest absolute Gasteiger partial charge is 0.0441 e. The van der Waals surface area contributed by atoms with Gasteiger partial charge in [-0.2, -0.15) is 0 Å². The van der Waals surface area contributed by atoms with Crippen LogP contribution in [0.3, 0.4) is 0 Å². The number of rotatable bonds is 2. The van der Waals surface area contributed by atoms with Gasteiger partial charge in [0.2, 0.25) is 0 Å². The lowest BCUT2D eigenvalue weighted by atomic mass is 9.96. The lowest BCUT2D eigenvalue weighted by molar-refractivity contribution is 0.517. The molecule has 72 valence electrons. The average molecular weight is 198 g/mol. The molecule has 2 heteroatoms. The molecule has 0 atom stereocenters. The Bertz CT molecular complexity index is 299. The molecule has 0 aliphatic heterocycles.